The molecule has 46 heavy (non-hydrogen) atoms. The number of rotatable bonds is 6. The molecule has 1 saturated heterocycles. The zero-order valence-corrected chi connectivity index (χ0v) is 26.5. The third kappa shape index (κ3) is 5.79. The van der Waals surface area contributed by atoms with Gasteiger partial charge < -0.3 is 34.4 Å². The zero-order chi connectivity index (χ0) is 32.6. The molecule has 0 radical (unpaired) electrons. The van der Waals surface area contributed by atoms with Gasteiger partial charge in [0.05, 0.1) is 31.7 Å². The summed E-state index contributed by atoms with van der Waals surface area (Å²) >= 11 is 0. The number of allylic oxidation sites excluding steroid dienone is 1. The Morgan fingerprint density at radius 2 is 1.85 bits per heavy atom. The van der Waals surface area contributed by atoms with Crippen molar-refractivity contribution in [1.29, 1.82) is 0 Å². The lowest BCUT2D eigenvalue weighted by Gasteiger charge is -2.29. The van der Waals surface area contributed by atoms with Gasteiger partial charge in [-0.2, -0.15) is 4.98 Å². The predicted molar refractivity (Wildman–Crippen MR) is 170 cm³/mol. The summed E-state index contributed by atoms with van der Waals surface area (Å²) in [7, 11) is 4.92. The molecular formula is C34H39N5O7. The Bertz CT molecular complexity index is 1690. The smallest absolute Gasteiger partial charge is 0.330 e. The Morgan fingerprint density at radius 1 is 1.07 bits per heavy atom. The van der Waals surface area contributed by atoms with Gasteiger partial charge in [0.2, 0.25) is 11.8 Å². The highest BCUT2D eigenvalue weighted by Gasteiger charge is 2.61. The SMILES string of the molecule is COc1ccc(-c2nc(OC3CC4C(=O)NC5(C(=O)O)CC5/C=C\CCCCN(C)C(=O)N4C3)c3ccc(OC)c(C)c3n2)cc1. The topological polar surface area (TPSA) is 143 Å². The molecule has 2 aliphatic heterocycles. The largest absolute Gasteiger partial charge is 0.497 e. The van der Waals surface area contributed by atoms with Gasteiger partial charge in [0.1, 0.15) is 29.2 Å². The normalized spacial score (nSPS) is 25.6. The van der Waals surface area contributed by atoms with Crippen LogP contribution in [0.15, 0.2) is 48.6 Å². The van der Waals surface area contributed by atoms with Crippen LogP contribution in [0.2, 0.25) is 0 Å². The van der Waals surface area contributed by atoms with E-state index in [-0.39, 0.29) is 24.9 Å². The summed E-state index contributed by atoms with van der Waals surface area (Å²) in [6.45, 7) is 2.58. The molecule has 0 spiro atoms. The highest BCUT2D eigenvalue weighted by atomic mass is 16.5. The molecular weight excluding hydrogens is 590 g/mol. The highest BCUT2D eigenvalue weighted by Crippen LogP contribution is 2.45. The molecule has 12 heteroatoms. The second-order valence-corrected chi connectivity index (χ2v) is 12.2. The zero-order valence-electron chi connectivity index (χ0n) is 26.5. The Hall–Kier alpha value is -4.87. The van der Waals surface area contributed by atoms with E-state index in [0.717, 1.165) is 30.4 Å². The van der Waals surface area contributed by atoms with Crippen LogP contribution in [0.4, 0.5) is 4.79 Å². The van der Waals surface area contributed by atoms with Crippen LogP contribution in [0.3, 0.4) is 0 Å². The first-order valence-electron chi connectivity index (χ1n) is 15.6. The molecule has 0 bridgehead atoms. The number of aliphatic carboxylic acids is 1. The van der Waals surface area contributed by atoms with Gasteiger partial charge in [-0.3, -0.25) is 4.79 Å². The molecule has 1 saturated carbocycles. The number of carbonyl (C=O) groups is 3. The number of nitrogens with zero attached hydrogens (tertiary/aromatic N) is 4. The van der Waals surface area contributed by atoms with E-state index in [4.69, 9.17) is 24.2 Å². The van der Waals surface area contributed by atoms with E-state index in [1.807, 2.05) is 55.5 Å². The minimum Gasteiger partial charge on any atom is -0.497 e. The molecule has 3 aromatic rings. The van der Waals surface area contributed by atoms with E-state index in [1.165, 1.54) is 4.90 Å². The van der Waals surface area contributed by atoms with E-state index in [0.29, 0.717) is 47.1 Å². The molecule has 12 nitrogen and oxygen atoms in total. The molecule has 2 aromatic carbocycles. The van der Waals surface area contributed by atoms with E-state index in [9.17, 15) is 19.5 Å². The third-order valence-electron chi connectivity index (χ3n) is 9.25. The molecule has 1 aromatic heterocycles. The molecule has 2 fully saturated rings. The summed E-state index contributed by atoms with van der Waals surface area (Å²) in [5.74, 6) is 0.240. The summed E-state index contributed by atoms with van der Waals surface area (Å²) in [4.78, 5) is 52.6. The van der Waals surface area contributed by atoms with Gasteiger partial charge in [-0.05, 0) is 69.0 Å². The molecule has 6 rings (SSSR count). The number of ether oxygens (including phenoxy) is 3. The van der Waals surface area contributed by atoms with E-state index in [2.05, 4.69) is 5.32 Å². The minimum atomic E-state index is -1.37. The predicted octanol–water partition coefficient (Wildman–Crippen LogP) is 4.20. The van der Waals surface area contributed by atoms with Crippen LogP contribution in [0, 0.1) is 12.8 Å². The van der Waals surface area contributed by atoms with Crippen LogP contribution in [-0.4, -0.2) is 94.8 Å². The average molecular weight is 630 g/mol. The lowest BCUT2D eigenvalue weighted by molar-refractivity contribution is -0.144. The maximum absolute atomic E-state index is 13.8. The number of nitrogens with one attached hydrogen (secondary N) is 1. The molecule has 4 atom stereocenters. The average Bonchev–Trinajstić information content (AvgIpc) is 3.59. The van der Waals surface area contributed by atoms with Gasteiger partial charge in [0.25, 0.3) is 0 Å². The van der Waals surface area contributed by atoms with Gasteiger partial charge in [0.15, 0.2) is 5.82 Å². The van der Waals surface area contributed by atoms with E-state index < -0.39 is 29.6 Å². The Labute approximate surface area is 267 Å². The number of aryl methyl sites for hydroxylation is 1. The lowest BCUT2D eigenvalue weighted by Crippen LogP contribution is -2.54. The Kier molecular flexibility index (Phi) is 8.45. The lowest BCUT2D eigenvalue weighted by atomic mass is 10.1. The van der Waals surface area contributed by atoms with Gasteiger partial charge in [0, 0.05) is 37.1 Å². The maximum atomic E-state index is 13.8. The summed E-state index contributed by atoms with van der Waals surface area (Å²) in [6.07, 6.45) is 6.19. The quantitative estimate of drug-likeness (QED) is 0.384. The van der Waals surface area contributed by atoms with Crippen LogP contribution >= 0.6 is 0 Å². The van der Waals surface area contributed by atoms with Crippen molar-refractivity contribution in [2.24, 2.45) is 5.92 Å². The van der Waals surface area contributed by atoms with Crippen molar-refractivity contribution in [2.75, 3.05) is 34.4 Å². The summed E-state index contributed by atoms with van der Waals surface area (Å²) in [5, 5.41) is 13.5. The molecule has 242 valence electrons. The second-order valence-electron chi connectivity index (χ2n) is 12.2. The number of hydrogen-bond acceptors (Lipinski definition) is 8. The number of urea groups is 1. The maximum Gasteiger partial charge on any atom is 0.330 e. The fourth-order valence-electron chi connectivity index (χ4n) is 6.42. The number of amides is 3. The van der Waals surface area contributed by atoms with Crippen molar-refractivity contribution in [3.63, 3.8) is 0 Å². The van der Waals surface area contributed by atoms with Crippen LogP contribution in [0.1, 0.15) is 37.7 Å². The monoisotopic (exact) mass is 629 g/mol. The molecule has 3 aliphatic rings. The van der Waals surface area contributed by atoms with Crippen molar-refractivity contribution in [3.05, 3.63) is 54.1 Å². The first-order chi connectivity index (χ1) is 22.1. The van der Waals surface area contributed by atoms with Crippen molar-refractivity contribution < 1.29 is 33.7 Å². The number of benzene rings is 2. The van der Waals surface area contributed by atoms with E-state index >= 15 is 0 Å². The molecule has 3 amide bonds. The van der Waals surface area contributed by atoms with E-state index in [1.54, 1.807) is 26.2 Å². The van der Waals surface area contributed by atoms with Crippen molar-refractivity contribution in [2.45, 2.75) is 56.7 Å². The van der Waals surface area contributed by atoms with Gasteiger partial charge in [-0.25, -0.2) is 14.6 Å². The Balaban J connectivity index is 1.35. The summed E-state index contributed by atoms with van der Waals surface area (Å²) < 4.78 is 17.4. The number of methoxy groups -OCH3 is 2. The first-order valence-corrected chi connectivity index (χ1v) is 15.6. The number of fused-ring (bicyclic) bond motifs is 3. The third-order valence-corrected chi connectivity index (χ3v) is 9.25. The van der Waals surface area contributed by atoms with Gasteiger partial charge in [-0.1, -0.05) is 12.2 Å². The second kappa shape index (κ2) is 12.5. The minimum absolute atomic E-state index is 0.128. The first kappa shape index (κ1) is 31.1. The van der Waals surface area contributed by atoms with Crippen LogP contribution in [-0.2, 0) is 9.59 Å². The number of aromatic nitrogens is 2. The summed E-state index contributed by atoms with van der Waals surface area (Å²) in [6, 6.07) is 9.82. The fourth-order valence-corrected chi connectivity index (χ4v) is 6.42. The number of carboxylic acids is 1. The molecule has 2 N–H and O–H groups in total. The van der Waals surface area contributed by atoms with Gasteiger partial charge in [-0.15, -0.1) is 0 Å². The standard InChI is InChI=1S/C34H39N5O7/c1-20-27(45-4)15-14-25-28(20)35-29(21-10-12-23(44-3)13-11-21)36-31(25)46-24-17-26-30(40)37-34(32(41)42)18-22(34)9-7-5-6-8-16-38(2)33(43)39(26)19-24/h7,9-15,22,24,26H,5-6,8,16-19H2,1-4H3,(H,37,40)(H,41,42)/b9-7-. The number of carbonyl (C=O) groups excluding carboxylic acids is 2. The van der Waals surface area contributed by atoms with Crippen molar-refractivity contribution >= 4 is 28.8 Å². The van der Waals surface area contributed by atoms with Crippen LogP contribution in [0.5, 0.6) is 17.4 Å². The van der Waals surface area contributed by atoms with Crippen molar-refractivity contribution in [1.82, 2.24) is 25.1 Å². The Morgan fingerprint density at radius 3 is 2.57 bits per heavy atom. The van der Waals surface area contributed by atoms with Crippen LogP contribution in [0.25, 0.3) is 22.3 Å². The summed E-state index contributed by atoms with van der Waals surface area (Å²) in [5.41, 5.74) is 0.843. The molecule has 3 heterocycles. The number of carboxylic acid groups (broad SMARTS) is 1. The molecule has 4 unspecified atom stereocenters. The highest BCUT2D eigenvalue weighted by molar-refractivity contribution is 5.95. The van der Waals surface area contributed by atoms with Crippen molar-refractivity contribution in [3.8, 4) is 28.8 Å². The van der Waals surface area contributed by atoms with Crippen LogP contribution < -0.4 is 19.5 Å². The fraction of sp³-hybridized carbons (Fsp3) is 0.441. The molecule has 1 aliphatic carbocycles. The van der Waals surface area contributed by atoms with Gasteiger partial charge >= 0.3 is 12.0 Å². The number of hydrogen-bond donors (Lipinski definition) is 2.